The van der Waals surface area contributed by atoms with Gasteiger partial charge in [0, 0.05) is 22.5 Å². The van der Waals surface area contributed by atoms with Gasteiger partial charge in [0.05, 0.1) is 0 Å². The van der Waals surface area contributed by atoms with Gasteiger partial charge in [0.1, 0.15) is 0 Å². The summed E-state index contributed by atoms with van der Waals surface area (Å²) in [4.78, 5) is 2.36. The van der Waals surface area contributed by atoms with E-state index in [4.69, 9.17) is 0 Å². The zero-order valence-corrected chi connectivity index (χ0v) is 36.0. The SMILES string of the molecule is CC1(C)c2cc(-c3ccc4c(c3)cc(-c3ccccc3)c3cc(-c5cc6ccccc6cc5-c5ccccc5)ccc34)ccc2-c2ccc(N(c3ccccc3)c3ccccc3)cc21. The van der Waals surface area contributed by atoms with Crippen LogP contribution in [-0.4, -0.2) is 0 Å². The van der Waals surface area contributed by atoms with Crippen LogP contribution in [0.25, 0.3) is 88.0 Å². The zero-order chi connectivity index (χ0) is 42.8. The standard InChI is InChI=1S/C63H45N/c1-63(2)61-40-47(28-33-55(61)56-34-30-52(41-62(56)63)64(50-23-11-5-12-24-50)51-25-13-6-14-26-51)46-27-31-53-49(35-46)39-58(43-19-9-4-10-20-43)60-38-48(29-32-54(53)60)59-37-45-22-16-15-21-44(45)36-57(59)42-17-7-3-8-18-42/h3-41H,1-2H3. The molecule has 0 aliphatic heterocycles. The van der Waals surface area contributed by atoms with Crippen molar-refractivity contribution in [2.45, 2.75) is 19.3 Å². The molecule has 0 saturated carbocycles. The van der Waals surface area contributed by atoms with Crippen LogP contribution in [0, 0.1) is 0 Å². The van der Waals surface area contributed by atoms with E-state index in [1.54, 1.807) is 0 Å². The minimum absolute atomic E-state index is 0.188. The molecule has 0 amide bonds. The number of anilines is 3. The van der Waals surface area contributed by atoms with Crippen molar-refractivity contribution >= 4 is 49.4 Å². The van der Waals surface area contributed by atoms with Crippen LogP contribution < -0.4 is 4.90 Å². The Kier molecular flexibility index (Phi) is 8.91. The lowest BCUT2D eigenvalue weighted by Gasteiger charge is -2.28. The van der Waals surface area contributed by atoms with Gasteiger partial charge in [-0.1, -0.05) is 178 Å². The molecule has 11 aromatic rings. The highest BCUT2D eigenvalue weighted by molar-refractivity contribution is 6.16. The molecule has 1 nitrogen and oxygen atoms in total. The van der Waals surface area contributed by atoms with Crippen molar-refractivity contribution < 1.29 is 0 Å². The van der Waals surface area contributed by atoms with E-state index in [1.807, 2.05) is 0 Å². The molecular weight excluding hydrogens is 771 g/mol. The van der Waals surface area contributed by atoms with Crippen LogP contribution in [0.1, 0.15) is 25.0 Å². The second kappa shape index (κ2) is 15.1. The molecule has 0 spiro atoms. The quantitative estimate of drug-likeness (QED) is 0.145. The molecule has 64 heavy (non-hydrogen) atoms. The molecule has 0 atom stereocenters. The van der Waals surface area contributed by atoms with Crippen molar-refractivity contribution in [3.8, 4) is 55.6 Å². The molecule has 1 aliphatic rings. The van der Waals surface area contributed by atoms with E-state index in [9.17, 15) is 0 Å². The average Bonchev–Trinajstić information content (AvgIpc) is 3.58. The Labute approximate surface area is 375 Å². The predicted octanol–water partition coefficient (Wildman–Crippen LogP) is 17.6. The normalized spacial score (nSPS) is 12.7. The smallest absolute Gasteiger partial charge is 0.0465 e. The third-order valence-corrected chi connectivity index (χ3v) is 13.6. The van der Waals surface area contributed by atoms with Crippen molar-refractivity contribution in [2.24, 2.45) is 0 Å². The summed E-state index contributed by atoms with van der Waals surface area (Å²) in [7, 11) is 0. The molecule has 1 aliphatic carbocycles. The van der Waals surface area contributed by atoms with Crippen molar-refractivity contribution in [3.63, 3.8) is 0 Å². The highest BCUT2D eigenvalue weighted by atomic mass is 15.1. The molecule has 0 radical (unpaired) electrons. The highest BCUT2D eigenvalue weighted by Gasteiger charge is 2.36. The van der Waals surface area contributed by atoms with Crippen molar-refractivity contribution in [2.75, 3.05) is 4.90 Å². The first-order chi connectivity index (χ1) is 31.5. The number of hydrogen-bond donors (Lipinski definition) is 0. The van der Waals surface area contributed by atoms with Gasteiger partial charge in [-0.3, -0.25) is 0 Å². The van der Waals surface area contributed by atoms with Crippen LogP contribution in [0.5, 0.6) is 0 Å². The molecule has 0 saturated heterocycles. The summed E-state index contributed by atoms with van der Waals surface area (Å²) in [5.74, 6) is 0. The predicted molar refractivity (Wildman–Crippen MR) is 273 cm³/mol. The molecule has 302 valence electrons. The molecule has 0 fully saturated rings. The Balaban J connectivity index is 0.962. The fourth-order valence-corrected chi connectivity index (χ4v) is 10.3. The van der Waals surface area contributed by atoms with E-state index < -0.39 is 0 Å². The Morgan fingerprint density at radius 1 is 0.266 bits per heavy atom. The summed E-state index contributed by atoms with van der Waals surface area (Å²) >= 11 is 0. The maximum absolute atomic E-state index is 2.45. The first-order valence-electron chi connectivity index (χ1n) is 22.3. The van der Waals surface area contributed by atoms with E-state index in [1.165, 1.54) is 99.1 Å². The number of rotatable bonds is 7. The Bertz CT molecular complexity index is 3510. The maximum atomic E-state index is 2.45. The van der Waals surface area contributed by atoms with Gasteiger partial charge in [-0.05, 0) is 172 Å². The molecule has 0 bridgehead atoms. The van der Waals surface area contributed by atoms with Gasteiger partial charge in [0.15, 0.2) is 0 Å². The Hall–Kier alpha value is -8.00. The molecule has 11 aromatic carbocycles. The van der Waals surface area contributed by atoms with Gasteiger partial charge >= 0.3 is 0 Å². The minimum atomic E-state index is -0.188. The van der Waals surface area contributed by atoms with E-state index in [2.05, 4.69) is 255 Å². The lowest BCUT2D eigenvalue weighted by atomic mass is 9.81. The number of fused-ring (bicyclic) bond motifs is 7. The largest absolute Gasteiger partial charge is 0.310 e. The number of benzene rings is 11. The van der Waals surface area contributed by atoms with Crippen molar-refractivity contribution in [3.05, 3.63) is 248 Å². The van der Waals surface area contributed by atoms with Gasteiger partial charge in [-0.15, -0.1) is 0 Å². The summed E-state index contributed by atoms with van der Waals surface area (Å²) in [6, 6.07) is 87.2. The zero-order valence-electron chi connectivity index (χ0n) is 36.0. The van der Waals surface area contributed by atoms with Crippen LogP contribution in [0.2, 0.25) is 0 Å². The fraction of sp³-hybridized carbons (Fsp3) is 0.0476. The first-order valence-corrected chi connectivity index (χ1v) is 22.3. The molecule has 0 N–H and O–H groups in total. The van der Waals surface area contributed by atoms with Crippen LogP contribution in [0.15, 0.2) is 237 Å². The number of hydrogen-bond acceptors (Lipinski definition) is 1. The second-order valence-electron chi connectivity index (χ2n) is 17.7. The van der Waals surface area contributed by atoms with Crippen molar-refractivity contribution in [1.82, 2.24) is 0 Å². The molecular formula is C63H45N. The van der Waals surface area contributed by atoms with Gasteiger partial charge in [0.2, 0.25) is 0 Å². The Morgan fingerprint density at radius 3 is 1.38 bits per heavy atom. The van der Waals surface area contributed by atoms with Crippen LogP contribution in [-0.2, 0) is 5.41 Å². The number of nitrogens with zero attached hydrogens (tertiary/aromatic N) is 1. The van der Waals surface area contributed by atoms with E-state index in [0.29, 0.717) is 0 Å². The van der Waals surface area contributed by atoms with Crippen LogP contribution in [0.4, 0.5) is 17.1 Å². The molecule has 0 heterocycles. The molecule has 0 aromatic heterocycles. The van der Waals surface area contributed by atoms with Gasteiger partial charge in [0.25, 0.3) is 0 Å². The summed E-state index contributed by atoms with van der Waals surface area (Å²) in [5.41, 5.74) is 18.4. The van der Waals surface area contributed by atoms with E-state index >= 15 is 0 Å². The summed E-state index contributed by atoms with van der Waals surface area (Å²) in [6.07, 6.45) is 0. The van der Waals surface area contributed by atoms with E-state index in [-0.39, 0.29) is 5.41 Å². The molecule has 12 rings (SSSR count). The van der Waals surface area contributed by atoms with Crippen LogP contribution >= 0.6 is 0 Å². The number of para-hydroxylation sites is 2. The van der Waals surface area contributed by atoms with Gasteiger partial charge in [-0.2, -0.15) is 0 Å². The lowest BCUT2D eigenvalue weighted by Crippen LogP contribution is -2.16. The van der Waals surface area contributed by atoms with Gasteiger partial charge in [-0.25, -0.2) is 0 Å². The van der Waals surface area contributed by atoms with E-state index in [0.717, 1.165) is 17.1 Å². The third kappa shape index (κ3) is 6.31. The highest BCUT2D eigenvalue weighted by Crippen LogP contribution is 2.52. The van der Waals surface area contributed by atoms with Gasteiger partial charge < -0.3 is 4.90 Å². The average molecular weight is 816 g/mol. The first kappa shape index (κ1) is 37.7. The lowest BCUT2D eigenvalue weighted by molar-refractivity contribution is 0.660. The summed E-state index contributed by atoms with van der Waals surface area (Å²) < 4.78 is 0. The fourth-order valence-electron chi connectivity index (χ4n) is 10.3. The summed E-state index contributed by atoms with van der Waals surface area (Å²) in [6.45, 7) is 4.77. The van der Waals surface area contributed by atoms with Crippen LogP contribution in [0.3, 0.4) is 0 Å². The minimum Gasteiger partial charge on any atom is -0.310 e. The molecule has 0 unspecified atom stereocenters. The van der Waals surface area contributed by atoms with Crippen molar-refractivity contribution in [1.29, 1.82) is 0 Å². The maximum Gasteiger partial charge on any atom is 0.0465 e. The third-order valence-electron chi connectivity index (χ3n) is 13.6. The topological polar surface area (TPSA) is 3.24 Å². The monoisotopic (exact) mass is 815 g/mol. The summed E-state index contributed by atoms with van der Waals surface area (Å²) in [5, 5.41) is 7.50. The Morgan fingerprint density at radius 2 is 0.734 bits per heavy atom. The second-order valence-corrected chi connectivity index (χ2v) is 17.7. The molecule has 1 heteroatoms.